The largest absolute Gasteiger partial charge is 0.480 e. The molecule has 1 aromatic carbocycles. The smallest absolute Gasteiger partial charge is 0.323 e. The second-order valence-electron chi connectivity index (χ2n) is 4.51. The number of amides is 1. The second-order valence-corrected chi connectivity index (χ2v) is 4.51. The third kappa shape index (κ3) is 4.03. The summed E-state index contributed by atoms with van der Waals surface area (Å²) in [5.41, 5.74) is -0.773. The van der Waals surface area contributed by atoms with Crippen LogP contribution in [0.25, 0.3) is 0 Å². The molecular formula is C14H19FN2O3. The molecule has 0 fully saturated rings. The molecular weight excluding hydrogens is 263 g/mol. The minimum Gasteiger partial charge on any atom is -0.480 e. The van der Waals surface area contributed by atoms with E-state index in [0.717, 1.165) is 0 Å². The van der Waals surface area contributed by atoms with E-state index in [2.05, 4.69) is 10.6 Å². The number of aliphatic carboxylic acids is 1. The lowest BCUT2D eigenvalue weighted by Gasteiger charge is -2.27. The summed E-state index contributed by atoms with van der Waals surface area (Å²) in [5.74, 6) is -1.85. The fourth-order valence-corrected chi connectivity index (χ4v) is 1.90. The van der Waals surface area contributed by atoms with Crippen molar-refractivity contribution >= 4 is 17.6 Å². The normalized spacial score (nSPS) is 11.2. The summed E-state index contributed by atoms with van der Waals surface area (Å²) in [4.78, 5) is 23.0. The van der Waals surface area contributed by atoms with E-state index in [1.54, 1.807) is 19.9 Å². The van der Waals surface area contributed by atoms with E-state index in [4.69, 9.17) is 0 Å². The van der Waals surface area contributed by atoms with Crippen molar-refractivity contribution in [1.29, 1.82) is 0 Å². The number of carbonyl (C=O) groups excluding carboxylic acids is 1. The molecule has 3 N–H and O–H groups in total. The number of nitrogens with one attached hydrogen (secondary N) is 2. The van der Waals surface area contributed by atoms with Crippen LogP contribution in [0.4, 0.5) is 10.1 Å². The Morgan fingerprint density at radius 1 is 1.30 bits per heavy atom. The minimum absolute atomic E-state index is 0.148. The Kier molecular flexibility index (Phi) is 5.64. The number of rotatable bonds is 7. The first-order valence-electron chi connectivity index (χ1n) is 6.47. The quantitative estimate of drug-likeness (QED) is 0.714. The van der Waals surface area contributed by atoms with Gasteiger partial charge in [-0.2, -0.15) is 0 Å². The lowest BCUT2D eigenvalue weighted by Crippen LogP contribution is -2.53. The average molecular weight is 282 g/mol. The molecule has 0 saturated heterocycles. The van der Waals surface area contributed by atoms with E-state index in [-0.39, 0.29) is 6.54 Å². The molecule has 5 nitrogen and oxygen atoms in total. The minimum atomic E-state index is -1.11. The predicted octanol–water partition coefficient (Wildman–Crippen LogP) is 2.00. The van der Waals surface area contributed by atoms with Crippen LogP contribution < -0.4 is 10.6 Å². The van der Waals surface area contributed by atoms with Crippen molar-refractivity contribution in [2.24, 2.45) is 0 Å². The van der Waals surface area contributed by atoms with Crippen molar-refractivity contribution in [3.63, 3.8) is 0 Å². The van der Waals surface area contributed by atoms with Gasteiger partial charge in [0.15, 0.2) is 0 Å². The van der Waals surface area contributed by atoms with E-state index in [1.807, 2.05) is 0 Å². The SMILES string of the molecule is CCC(CC)(NCC(=O)Nc1cccc(F)c1)C(=O)O. The highest BCUT2D eigenvalue weighted by Crippen LogP contribution is 2.15. The molecule has 0 spiro atoms. The van der Waals surface area contributed by atoms with Crippen LogP contribution in [0.1, 0.15) is 26.7 Å². The topological polar surface area (TPSA) is 78.4 Å². The summed E-state index contributed by atoms with van der Waals surface area (Å²) in [5, 5.41) is 14.5. The van der Waals surface area contributed by atoms with Crippen molar-refractivity contribution in [2.75, 3.05) is 11.9 Å². The molecule has 1 aromatic rings. The Bertz CT molecular complexity index is 487. The fourth-order valence-electron chi connectivity index (χ4n) is 1.90. The molecule has 0 aliphatic heterocycles. The van der Waals surface area contributed by atoms with Gasteiger partial charge in [-0.3, -0.25) is 14.9 Å². The van der Waals surface area contributed by atoms with E-state index >= 15 is 0 Å². The maximum Gasteiger partial charge on any atom is 0.323 e. The molecule has 110 valence electrons. The van der Waals surface area contributed by atoms with Crippen LogP contribution in [0.15, 0.2) is 24.3 Å². The molecule has 0 aliphatic rings. The Labute approximate surface area is 117 Å². The van der Waals surface area contributed by atoms with Gasteiger partial charge in [-0.05, 0) is 31.0 Å². The molecule has 0 aliphatic carbocycles. The Balaban J connectivity index is 2.61. The first kappa shape index (κ1) is 16.1. The number of carbonyl (C=O) groups is 2. The first-order valence-corrected chi connectivity index (χ1v) is 6.47. The molecule has 0 aromatic heterocycles. The van der Waals surface area contributed by atoms with Gasteiger partial charge in [0.25, 0.3) is 0 Å². The number of benzene rings is 1. The van der Waals surface area contributed by atoms with Crippen molar-refractivity contribution < 1.29 is 19.1 Å². The number of carboxylic acids is 1. The van der Waals surface area contributed by atoms with Crippen LogP contribution >= 0.6 is 0 Å². The van der Waals surface area contributed by atoms with Crippen LogP contribution in [0.3, 0.4) is 0 Å². The van der Waals surface area contributed by atoms with Crippen LogP contribution in [0.2, 0.25) is 0 Å². The zero-order chi connectivity index (χ0) is 15.2. The highest BCUT2D eigenvalue weighted by atomic mass is 19.1. The molecule has 0 saturated carbocycles. The number of hydrogen-bond acceptors (Lipinski definition) is 3. The van der Waals surface area contributed by atoms with Crippen molar-refractivity contribution in [3.8, 4) is 0 Å². The molecule has 1 amide bonds. The van der Waals surface area contributed by atoms with E-state index < -0.39 is 23.2 Å². The van der Waals surface area contributed by atoms with Gasteiger partial charge in [0.05, 0.1) is 6.54 Å². The van der Waals surface area contributed by atoms with Gasteiger partial charge in [0.1, 0.15) is 11.4 Å². The fraction of sp³-hybridized carbons (Fsp3) is 0.429. The molecule has 0 atom stereocenters. The van der Waals surface area contributed by atoms with E-state index in [1.165, 1.54) is 18.2 Å². The van der Waals surface area contributed by atoms with Gasteiger partial charge in [-0.1, -0.05) is 19.9 Å². The zero-order valence-corrected chi connectivity index (χ0v) is 11.6. The number of carboxylic acid groups (broad SMARTS) is 1. The molecule has 1 rings (SSSR count). The monoisotopic (exact) mass is 282 g/mol. The maximum atomic E-state index is 13.0. The highest BCUT2D eigenvalue weighted by Gasteiger charge is 2.34. The van der Waals surface area contributed by atoms with Crippen molar-refractivity contribution in [1.82, 2.24) is 5.32 Å². The number of halogens is 1. The summed E-state index contributed by atoms with van der Waals surface area (Å²) >= 11 is 0. The Morgan fingerprint density at radius 2 is 1.95 bits per heavy atom. The zero-order valence-electron chi connectivity index (χ0n) is 11.6. The van der Waals surface area contributed by atoms with Gasteiger partial charge >= 0.3 is 5.97 Å². The molecule has 0 heterocycles. The summed E-state index contributed by atoms with van der Waals surface area (Å²) in [6, 6.07) is 5.52. The molecule has 6 heteroatoms. The summed E-state index contributed by atoms with van der Waals surface area (Å²) in [6.45, 7) is 3.34. The Morgan fingerprint density at radius 3 is 2.45 bits per heavy atom. The summed E-state index contributed by atoms with van der Waals surface area (Å²) in [7, 11) is 0. The maximum absolute atomic E-state index is 13.0. The molecule has 0 radical (unpaired) electrons. The van der Waals surface area contributed by atoms with Gasteiger partial charge < -0.3 is 10.4 Å². The third-order valence-electron chi connectivity index (χ3n) is 3.31. The van der Waals surface area contributed by atoms with Crippen LogP contribution in [-0.4, -0.2) is 29.1 Å². The average Bonchev–Trinajstić information content (AvgIpc) is 2.40. The van der Waals surface area contributed by atoms with Crippen LogP contribution in [-0.2, 0) is 9.59 Å². The lowest BCUT2D eigenvalue weighted by molar-refractivity contribution is -0.145. The summed E-state index contributed by atoms with van der Waals surface area (Å²) in [6.07, 6.45) is 0.734. The summed E-state index contributed by atoms with van der Waals surface area (Å²) < 4.78 is 13.0. The van der Waals surface area contributed by atoms with Crippen LogP contribution in [0, 0.1) is 5.82 Å². The Hall–Kier alpha value is -1.95. The number of anilines is 1. The van der Waals surface area contributed by atoms with Gasteiger partial charge in [0.2, 0.25) is 5.91 Å². The van der Waals surface area contributed by atoms with E-state index in [9.17, 15) is 19.1 Å². The molecule has 0 bridgehead atoms. The van der Waals surface area contributed by atoms with E-state index in [0.29, 0.717) is 18.5 Å². The third-order valence-corrected chi connectivity index (χ3v) is 3.31. The van der Waals surface area contributed by atoms with Crippen molar-refractivity contribution in [2.45, 2.75) is 32.2 Å². The number of hydrogen-bond donors (Lipinski definition) is 3. The van der Waals surface area contributed by atoms with Gasteiger partial charge in [-0.25, -0.2) is 4.39 Å². The van der Waals surface area contributed by atoms with Crippen LogP contribution in [0.5, 0.6) is 0 Å². The highest BCUT2D eigenvalue weighted by molar-refractivity contribution is 5.92. The van der Waals surface area contributed by atoms with Gasteiger partial charge in [0, 0.05) is 5.69 Å². The predicted molar refractivity (Wildman–Crippen MR) is 74.0 cm³/mol. The van der Waals surface area contributed by atoms with Gasteiger partial charge in [-0.15, -0.1) is 0 Å². The lowest BCUT2D eigenvalue weighted by atomic mass is 9.93. The first-order chi connectivity index (χ1) is 9.43. The molecule has 20 heavy (non-hydrogen) atoms. The second kappa shape index (κ2) is 7.00. The molecule has 0 unspecified atom stereocenters. The standard InChI is InChI=1S/C14H19FN2O3/c1-3-14(4-2,13(19)20)16-9-12(18)17-11-7-5-6-10(15)8-11/h5-8,16H,3-4,9H2,1-2H3,(H,17,18)(H,19,20). The van der Waals surface area contributed by atoms with Crippen molar-refractivity contribution in [3.05, 3.63) is 30.1 Å².